The topological polar surface area (TPSA) is 67.2 Å². The van der Waals surface area contributed by atoms with Crippen molar-refractivity contribution in [1.29, 1.82) is 0 Å². The number of anilines is 1. The summed E-state index contributed by atoms with van der Waals surface area (Å²) in [6, 6.07) is 15.8. The number of oxazole rings is 1. The monoisotopic (exact) mass is 469 g/mol. The van der Waals surface area contributed by atoms with Gasteiger partial charge in [0.05, 0.1) is 10.6 Å². The summed E-state index contributed by atoms with van der Waals surface area (Å²) in [5, 5.41) is 6.71. The molecule has 0 saturated carbocycles. The summed E-state index contributed by atoms with van der Waals surface area (Å²) >= 11 is 17.6. The summed E-state index contributed by atoms with van der Waals surface area (Å²) in [5.41, 5.74) is 5.36. The number of rotatable bonds is 3. The molecule has 4 rings (SSSR count). The molecule has 0 spiro atoms. The summed E-state index contributed by atoms with van der Waals surface area (Å²) in [5.74, 6) is 0.0430. The fraction of sp³-hybridized carbons (Fsp3) is 0.0870. The van der Waals surface area contributed by atoms with Gasteiger partial charge in [0.15, 0.2) is 10.7 Å². The van der Waals surface area contributed by atoms with Gasteiger partial charge in [0.1, 0.15) is 5.52 Å². The molecule has 0 atom stereocenters. The van der Waals surface area contributed by atoms with Gasteiger partial charge in [0.2, 0.25) is 5.89 Å². The number of hydrogen-bond donors (Lipinski definition) is 2. The Kier molecular flexibility index (Phi) is 5.96. The lowest BCUT2D eigenvalue weighted by Crippen LogP contribution is -2.34. The fourth-order valence-corrected chi connectivity index (χ4v) is 3.63. The van der Waals surface area contributed by atoms with Crippen LogP contribution < -0.4 is 10.6 Å². The Balaban J connectivity index is 1.55. The maximum atomic E-state index is 12.4. The molecule has 1 heterocycles. The van der Waals surface area contributed by atoms with Crippen LogP contribution in [-0.2, 0) is 0 Å². The molecule has 2 N–H and O–H groups in total. The van der Waals surface area contributed by atoms with Crippen molar-refractivity contribution in [3.8, 4) is 11.5 Å². The smallest absolute Gasteiger partial charge is 0.257 e. The number of carbonyl (C=O) groups excluding carboxylic acids is 1. The number of aromatic nitrogens is 1. The predicted octanol–water partition coefficient (Wildman–Crippen LogP) is 6.55. The minimum absolute atomic E-state index is 0.141. The molecule has 4 aromatic rings. The first-order valence-electron chi connectivity index (χ1n) is 9.36. The van der Waals surface area contributed by atoms with Gasteiger partial charge >= 0.3 is 0 Å². The van der Waals surface area contributed by atoms with Crippen LogP contribution in [0.2, 0.25) is 10.0 Å². The molecule has 0 bridgehead atoms. The van der Waals surface area contributed by atoms with Gasteiger partial charge < -0.3 is 9.73 Å². The van der Waals surface area contributed by atoms with Crippen molar-refractivity contribution in [2.75, 3.05) is 5.32 Å². The molecule has 0 aliphatic heterocycles. The Bertz CT molecular complexity index is 1290. The maximum Gasteiger partial charge on any atom is 0.257 e. The van der Waals surface area contributed by atoms with Crippen molar-refractivity contribution < 1.29 is 9.21 Å². The van der Waals surface area contributed by atoms with Crippen LogP contribution >= 0.6 is 35.4 Å². The van der Waals surface area contributed by atoms with Crippen LogP contribution in [0.15, 0.2) is 59.0 Å². The van der Waals surface area contributed by atoms with Gasteiger partial charge in [-0.15, -0.1) is 0 Å². The molecule has 0 saturated heterocycles. The SMILES string of the molecule is Cc1cc2nc(-c3cc(NC(=S)NC(=O)c4cccc(Cl)c4)ccc3Cl)oc2cc1C. The van der Waals surface area contributed by atoms with E-state index in [4.69, 9.17) is 39.8 Å². The van der Waals surface area contributed by atoms with Crippen LogP contribution in [0.5, 0.6) is 0 Å². The van der Waals surface area contributed by atoms with Crippen LogP contribution in [0.25, 0.3) is 22.6 Å². The van der Waals surface area contributed by atoms with E-state index in [0.717, 1.165) is 16.6 Å². The first kappa shape index (κ1) is 21.3. The van der Waals surface area contributed by atoms with E-state index in [-0.39, 0.29) is 11.0 Å². The Morgan fingerprint density at radius 2 is 1.81 bits per heavy atom. The molecular formula is C23H17Cl2N3O2S. The van der Waals surface area contributed by atoms with Crippen LogP contribution in [0, 0.1) is 13.8 Å². The first-order valence-corrected chi connectivity index (χ1v) is 10.5. The van der Waals surface area contributed by atoms with Gasteiger partial charge in [-0.1, -0.05) is 29.3 Å². The summed E-state index contributed by atoms with van der Waals surface area (Å²) in [4.78, 5) is 16.9. The second-order valence-electron chi connectivity index (χ2n) is 7.04. The molecule has 156 valence electrons. The quantitative estimate of drug-likeness (QED) is 0.333. The van der Waals surface area contributed by atoms with Crippen molar-refractivity contribution in [3.63, 3.8) is 0 Å². The average molecular weight is 470 g/mol. The molecule has 31 heavy (non-hydrogen) atoms. The number of nitrogens with zero attached hydrogens (tertiary/aromatic N) is 1. The standard InChI is InChI=1S/C23H17Cl2N3O2S/c1-12-8-19-20(9-13(12)2)30-22(27-19)17-11-16(6-7-18(17)25)26-23(31)28-21(29)14-4-3-5-15(24)10-14/h3-11H,1-2H3,(H2,26,28,29,31). The predicted molar refractivity (Wildman–Crippen MR) is 129 cm³/mol. The average Bonchev–Trinajstić information content (AvgIpc) is 3.12. The summed E-state index contributed by atoms with van der Waals surface area (Å²) < 4.78 is 5.93. The molecule has 0 fully saturated rings. The maximum absolute atomic E-state index is 12.4. The molecular weight excluding hydrogens is 453 g/mol. The van der Waals surface area contributed by atoms with Gasteiger partial charge in [-0.25, -0.2) is 4.98 Å². The minimum Gasteiger partial charge on any atom is -0.436 e. The highest BCUT2D eigenvalue weighted by Crippen LogP contribution is 2.33. The van der Waals surface area contributed by atoms with E-state index < -0.39 is 0 Å². The second kappa shape index (κ2) is 8.67. The number of thiocarbonyl (C=S) groups is 1. The van der Waals surface area contributed by atoms with E-state index >= 15 is 0 Å². The molecule has 5 nitrogen and oxygen atoms in total. The zero-order chi connectivity index (χ0) is 22.1. The fourth-order valence-electron chi connectivity index (χ4n) is 3.03. The van der Waals surface area contributed by atoms with Crippen LogP contribution in [0.1, 0.15) is 21.5 Å². The number of amides is 1. The number of hydrogen-bond acceptors (Lipinski definition) is 4. The lowest BCUT2D eigenvalue weighted by atomic mass is 10.1. The second-order valence-corrected chi connectivity index (χ2v) is 8.29. The summed E-state index contributed by atoms with van der Waals surface area (Å²) in [6.45, 7) is 4.05. The van der Waals surface area contributed by atoms with E-state index in [1.165, 1.54) is 0 Å². The number of nitrogens with one attached hydrogen (secondary N) is 2. The Morgan fingerprint density at radius 3 is 2.58 bits per heavy atom. The highest BCUT2D eigenvalue weighted by molar-refractivity contribution is 7.80. The van der Waals surface area contributed by atoms with Crippen LogP contribution in [0.4, 0.5) is 5.69 Å². The van der Waals surface area contributed by atoms with Gasteiger partial charge in [-0.05, 0) is 85.7 Å². The molecule has 8 heteroatoms. The number of fused-ring (bicyclic) bond motifs is 1. The van der Waals surface area contributed by atoms with E-state index in [1.807, 2.05) is 26.0 Å². The molecule has 0 unspecified atom stereocenters. The zero-order valence-corrected chi connectivity index (χ0v) is 19.0. The van der Waals surface area contributed by atoms with Crippen molar-refractivity contribution >= 4 is 63.2 Å². The Labute approximate surface area is 194 Å². The molecule has 0 aliphatic carbocycles. The largest absolute Gasteiger partial charge is 0.436 e. The van der Waals surface area contributed by atoms with Crippen LogP contribution in [-0.4, -0.2) is 16.0 Å². The van der Waals surface area contributed by atoms with E-state index in [2.05, 4.69) is 15.6 Å². The van der Waals surface area contributed by atoms with Crippen molar-refractivity contribution in [1.82, 2.24) is 10.3 Å². The number of aryl methyl sites for hydroxylation is 2. The number of carbonyl (C=O) groups is 1. The minimum atomic E-state index is -0.362. The van der Waals surface area contributed by atoms with E-state index in [9.17, 15) is 4.79 Å². The molecule has 0 aliphatic rings. The van der Waals surface area contributed by atoms with Crippen molar-refractivity contribution in [2.45, 2.75) is 13.8 Å². The molecule has 1 amide bonds. The molecule has 1 aromatic heterocycles. The van der Waals surface area contributed by atoms with Gasteiger partial charge in [0, 0.05) is 16.3 Å². The Morgan fingerprint density at radius 1 is 1.03 bits per heavy atom. The zero-order valence-electron chi connectivity index (χ0n) is 16.6. The van der Waals surface area contributed by atoms with Gasteiger partial charge in [-0.3, -0.25) is 10.1 Å². The number of halogens is 2. The summed E-state index contributed by atoms with van der Waals surface area (Å²) in [7, 11) is 0. The normalized spacial score (nSPS) is 10.8. The Hall–Kier alpha value is -2.93. The number of benzene rings is 3. The third kappa shape index (κ3) is 4.71. The molecule has 3 aromatic carbocycles. The van der Waals surface area contributed by atoms with E-state index in [0.29, 0.717) is 38.3 Å². The first-order chi connectivity index (χ1) is 14.8. The third-order valence-electron chi connectivity index (χ3n) is 4.77. The third-order valence-corrected chi connectivity index (χ3v) is 5.54. The van der Waals surface area contributed by atoms with Crippen LogP contribution in [0.3, 0.4) is 0 Å². The van der Waals surface area contributed by atoms with Crippen molar-refractivity contribution in [3.05, 3.63) is 81.3 Å². The highest BCUT2D eigenvalue weighted by Gasteiger charge is 2.15. The van der Waals surface area contributed by atoms with E-state index in [1.54, 1.807) is 42.5 Å². The van der Waals surface area contributed by atoms with Gasteiger partial charge in [-0.2, -0.15) is 0 Å². The highest BCUT2D eigenvalue weighted by atomic mass is 35.5. The molecule has 0 radical (unpaired) electrons. The van der Waals surface area contributed by atoms with Gasteiger partial charge in [0.25, 0.3) is 5.91 Å². The lowest BCUT2D eigenvalue weighted by Gasteiger charge is -2.11. The summed E-state index contributed by atoms with van der Waals surface area (Å²) in [6.07, 6.45) is 0. The van der Waals surface area contributed by atoms with Crippen molar-refractivity contribution in [2.24, 2.45) is 0 Å². The lowest BCUT2D eigenvalue weighted by molar-refractivity contribution is 0.0977.